The third-order valence-electron chi connectivity index (χ3n) is 2.63. The number of carbonyl (C=O) groups excluding carboxylic acids is 1. The van der Waals surface area contributed by atoms with Gasteiger partial charge < -0.3 is 15.4 Å². The number of ether oxygens (including phenoxy) is 1. The van der Waals surface area contributed by atoms with Gasteiger partial charge in [0.2, 0.25) is 0 Å². The molecule has 1 heterocycles. The third-order valence-corrected chi connectivity index (χ3v) is 2.63. The van der Waals surface area contributed by atoms with Crippen molar-refractivity contribution in [3.63, 3.8) is 0 Å². The lowest BCUT2D eigenvalue weighted by Crippen LogP contribution is -2.42. The van der Waals surface area contributed by atoms with E-state index in [9.17, 15) is 26.7 Å². The second kappa shape index (κ2) is 4.80. The van der Waals surface area contributed by atoms with Gasteiger partial charge in [0.15, 0.2) is 0 Å². The second-order valence-electron chi connectivity index (χ2n) is 4.06. The van der Waals surface area contributed by atoms with Gasteiger partial charge in [-0.05, 0) is 6.07 Å². The zero-order valence-electron chi connectivity index (χ0n) is 9.80. The summed E-state index contributed by atoms with van der Waals surface area (Å²) in [6, 6.07) is 3.72. The number of benzene rings is 1. The van der Waals surface area contributed by atoms with Gasteiger partial charge in [0, 0.05) is 12.1 Å². The van der Waals surface area contributed by atoms with E-state index in [1.807, 2.05) is 0 Å². The van der Waals surface area contributed by atoms with Crippen LogP contribution < -0.4 is 15.4 Å². The molecule has 9 heteroatoms. The van der Waals surface area contributed by atoms with Crippen molar-refractivity contribution in [2.24, 2.45) is 0 Å². The van der Waals surface area contributed by atoms with Crippen LogP contribution in [-0.2, 0) is 0 Å². The van der Waals surface area contributed by atoms with E-state index in [0.29, 0.717) is 0 Å². The number of alkyl halides is 5. The molecule has 0 spiro atoms. The Labute approximate surface area is 109 Å². The minimum atomic E-state index is -5.82. The summed E-state index contributed by atoms with van der Waals surface area (Å²) in [5.41, 5.74) is 0.0368. The standard InChI is InChI=1S/C11H9F5N2O2/c12-10(13,14)11(15,16)20-8-4-2-1-3-6(8)7-5-17-9(19)18-7/h1-4,7H,5H2,(H2,17,18,19). The van der Waals surface area contributed by atoms with E-state index in [4.69, 9.17) is 0 Å². The molecule has 0 radical (unpaired) electrons. The van der Waals surface area contributed by atoms with Gasteiger partial charge in [-0.25, -0.2) is 4.79 Å². The molecule has 1 aliphatic rings. The van der Waals surface area contributed by atoms with Crippen LogP contribution in [0.1, 0.15) is 11.6 Å². The lowest BCUT2D eigenvalue weighted by molar-refractivity contribution is -0.360. The van der Waals surface area contributed by atoms with Crippen LogP contribution in [0.15, 0.2) is 24.3 Å². The van der Waals surface area contributed by atoms with Crippen molar-refractivity contribution in [1.82, 2.24) is 10.6 Å². The first-order valence-electron chi connectivity index (χ1n) is 5.47. The van der Waals surface area contributed by atoms with Crippen LogP contribution in [0.3, 0.4) is 0 Å². The van der Waals surface area contributed by atoms with Crippen LogP contribution >= 0.6 is 0 Å². The van der Waals surface area contributed by atoms with E-state index in [1.165, 1.54) is 18.2 Å². The van der Waals surface area contributed by atoms with Gasteiger partial charge in [0.05, 0.1) is 6.04 Å². The van der Waals surface area contributed by atoms with Gasteiger partial charge in [0.25, 0.3) is 0 Å². The Hall–Kier alpha value is -2.06. The molecule has 1 fully saturated rings. The van der Waals surface area contributed by atoms with Crippen LogP contribution in [-0.4, -0.2) is 24.9 Å². The second-order valence-corrected chi connectivity index (χ2v) is 4.06. The predicted octanol–water partition coefficient (Wildman–Crippen LogP) is 2.57. The first-order chi connectivity index (χ1) is 9.21. The van der Waals surface area contributed by atoms with Gasteiger partial charge in [0.1, 0.15) is 5.75 Å². The maximum atomic E-state index is 12.9. The molecule has 1 atom stereocenters. The molecule has 1 saturated heterocycles. The summed E-state index contributed by atoms with van der Waals surface area (Å²) in [5, 5.41) is 4.75. The Morgan fingerprint density at radius 3 is 2.35 bits per heavy atom. The van der Waals surface area contributed by atoms with Crippen molar-refractivity contribution in [2.45, 2.75) is 18.3 Å². The van der Waals surface area contributed by atoms with E-state index in [0.717, 1.165) is 6.07 Å². The summed E-state index contributed by atoms with van der Waals surface area (Å²) in [7, 11) is 0. The van der Waals surface area contributed by atoms with E-state index in [-0.39, 0.29) is 12.1 Å². The van der Waals surface area contributed by atoms with Crippen molar-refractivity contribution in [3.8, 4) is 5.75 Å². The fraction of sp³-hybridized carbons (Fsp3) is 0.364. The molecule has 1 aliphatic heterocycles. The van der Waals surface area contributed by atoms with Gasteiger partial charge in [-0.2, -0.15) is 22.0 Å². The number of hydrogen-bond acceptors (Lipinski definition) is 2. The lowest BCUT2D eigenvalue weighted by Gasteiger charge is -2.23. The molecular weight excluding hydrogens is 287 g/mol. The van der Waals surface area contributed by atoms with Crippen LogP contribution in [0.2, 0.25) is 0 Å². The molecule has 1 aromatic rings. The monoisotopic (exact) mass is 296 g/mol. The molecule has 2 rings (SSSR count). The minimum absolute atomic E-state index is 0.0368. The molecule has 1 unspecified atom stereocenters. The highest BCUT2D eigenvalue weighted by Crippen LogP contribution is 2.39. The number of amides is 2. The van der Waals surface area contributed by atoms with Gasteiger partial charge in [-0.15, -0.1) is 0 Å². The summed E-state index contributed by atoms with van der Waals surface area (Å²) < 4.78 is 66.0. The first-order valence-corrected chi connectivity index (χ1v) is 5.47. The number of rotatable bonds is 3. The zero-order chi connectivity index (χ0) is 15.0. The maximum absolute atomic E-state index is 12.9. The molecule has 2 N–H and O–H groups in total. The zero-order valence-corrected chi connectivity index (χ0v) is 9.80. The summed E-state index contributed by atoms with van der Waals surface area (Å²) >= 11 is 0. The predicted molar refractivity (Wildman–Crippen MR) is 57.3 cm³/mol. The minimum Gasteiger partial charge on any atom is -0.425 e. The van der Waals surface area contributed by atoms with Crippen LogP contribution in [0.4, 0.5) is 26.7 Å². The first kappa shape index (κ1) is 14.4. The van der Waals surface area contributed by atoms with Crippen molar-refractivity contribution >= 4 is 6.03 Å². The van der Waals surface area contributed by atoms with E-state index >= 15 is 0 Å². The highest BCUT2D eigenvalue weighted by molar-refractivity contribution is 5.77. The Morgan fingerprint density at radius 1 is 1.15 bits per heavy atom. The molecule has 4 nitrogen and oxygen atoms in total. The van der Waals surface area contributed by atoms with Crippen LogP contribution in [0, 0.1) is 0 Å². The molecule has 0 aliphatic carbocycles. The Kier molecular flexibility index (Phi) is 3.45. The normalized spacial score (nSPS) is 19.4. The average Bonchev–Trinajstić information content (AvgIpc) is 2.74. The number of nitrogens with one attached hydrogen (secondary N) is 2. The fourth-order valence-electron chi connectivity index (χ4n) is 1.70. The van der Waals surface area contributed by atoms with E-state index in [1.54, 1.807) is 0 Å². The van der Waals surface area contributed by atoms with Crippen molar-refractivity contribution < 1.29 is 31.5 Å². The van der Waals surface area contributed by atoms with E-state index < -0.39 is 30.1 Å². The molecule has 0 saturated carbocycles. The van der Waals surface area contributed by atoms with Gasteiger partial charge >= 0.3 is 18.3 Å². The molecule has 2 amide bonds. The Balaban J connectivity index is 2.27. The van der Waals surface area contributed by atoms with E-state index in [2.05, 4.69) is 15.4 Å². The average molecular weight is 296 g/mol. The lowest BCUT2D eigenvalue weighted by atomic mass is 10.1. The smallest absolute Gasteiger partial charge is 0.425 e. The Morgan fingerprint density at radius 2 is 1.80 bits per heavy atom. The highest BCUT2D eigenvalue weighted by Gasteiger charge is 2.61. The number of para-hydroxylation sites is 1. The molecule has 0 bridgehead atoms. The number of hydrogen-bond donors (Lipinski definition) is 2. The highest BCUT2D eigenvalue weighted by atomic mass is 19.4. The van der Waals surface area contributed by atoms with Crippen LogP contribution in [0.5, 0.6) is 5.75 Å². The summed E-state index contributed by atoms with van der Waals surface area (Å²) in [6.07, 6.45) is -11.1. The molecule has 0 aromatic heterocycles. The molecular formula is C11H9F5N2O2. The van der Waals surface area contributed by atoms with Crippen molar-refractivity contribution in [1.29, 1.82) is 0 Å². The quantitative estimate of drug-likeness (QED) is 0.842. The molecule has 110 valence electrons. The van der Waals surface area contributed by atoms with Gasteiger partial charge in [-0.3, -0.25) is 0 Å². The summed E-state index contributed by atoms with van der Waals surface area (Å²) in [4.78, 5) is 11.0. The van der Waals surface area contributed by atoms with Crippen LogP contribution in [0.25, 0.3) is 0 Å². The summed E-state index contributed by atoms with van der Waals surface area (Å²) in [5.74, 6) is -0.635. The molecule has 1 aromatic carbocycles. The number of halogens is 5. The van der Waals surface area contributed by atoms with Crippen molar-refractivity contribution in [2.75, 3.05) is 6.54 Å². The molecule has 20 heavy (non-hydrogen) atoms. The third kappa shape index (κ3) is 2.75. The SMILES string of the molecule is O=C1NCC(c2ccccc2OC(F)(F)C(F)(F)F)N1. The fourth-order valence-corrected chi connectivity index (χ4v) is 1.70. The topological polar surface area (TPSA) is 50.4 Å². The maximum Gasteiger partial charge on any atom is 0.499 e. The summed E-state index contributed by atoms with van der Waals surface area (Å²) in [6.45, 7) is 0.0663. The largest absolute Gasteiger partial charge is 0.499 e. The number of carbonyl (C=O) groups is 1. The van der Waals surface area contributed by atoms with Gasteiger partial charge in [-0.1, -0.05) is 18.2 Å². The van der Waals surface area contributed by atoms with Crippen molar-refractivity contribution in [3.05, 3.63) is 29.8 Å². The Bertz CT molecular complexity index is 518. The number of urea groups is 1.